The molecular weight excluding hydrogens is 394 g/mol. The molecule has 0 saturated carbocycles. The number of nitrogens with one attached hydrogen (secondary N) is 1. The van der Waals surface area contributed by atoms with Gasteiger partial charge in [-0.05, 0) is 41.3 Å². The van der Waals surface area contributed by atoms with Gasteiger partial charge < -0.3 is 10.1 Å². The molecule has 1 aliphatic rings. The maximum atomic E-state index is 12.2. The van der Waals surface area contributed by atoms with Gasteiger partial charge >= 0.3 is 6.09 Å². The van der Waals surface area contributed by atoms with E-state index in [2.05, 4.69) is 34.6 Å². The average Bonchev–Trinajstić information content (AvgIpc) is 3.09. The third kappa shape index (κ3) is 4.30. The van der Waals surface area contributed by atoms with E-state index in [-0.39, 0.29) is 24.8 Å². The molecule has 1 amide bonds. The number of fused-ring (bicyclic) bond motifs is 3. The van der Waals surface area contributed by atoms with Crippen molar-refractivity contribution in [3.05, 3.63) is 99.4 Å². The number of amides is 1. The van der Waals surface area contributed by atoms with Crippen LogP contribution in [0.1, 0.15) is 28.4 Å². The molecule has 3 aromatic rings. The standard InChI is InChI=1S/C24H21N3O4/c1-16-23(27(29)30)13-12-17(26-16)7-6-14-25-24(28)31-15-22-20-10-4-2-8-18(20)19-9-3-5-11-21(19)22/h2-13,22H,14-15H2,1H3,(H,25,28). The van der Waals surface area contributed by atoms with Crippen molar-refractivity contribution in [2.75, 3.05) is 13.2 Å². The Hall–Kier alpha value is -4.00. The Morgan fingerprint density at radius 1 is 1.10 bits per heavy atom. The zero-order valence-corrected chi connectivity index (χ0v) is 16.9. The van der Waals surface area contributed by atoms with Gasteiger partial charge in [0, 0.05) is 18.5 Å². The molecule has 7 heteroatoms. The van der Waals surface area contributed by atoms with Crippen molar-refractivity contribution in [2.45, 2.75) is 12.8 Å². The molecule has 0 atom stereocenters. The van der Waals surface area contributed by atoms with Gasteiger partial charge in [-0.1, -0.05) is 54.6 Å². The summed E-state index contributed by atoms with van der Waals surface area (Å²) < 4.78 is 5.48. The van der Waals surface area contributed by atoms with Crippen LogP contribution in [0.5, 0.6) is 0 Å². The molecule has 7 nitrogen and oxygen atoms in total. The van der Waals surface area contributed by atoms with Crippen LogP contribution in [0.4, 0.5) is 10.5 Å². The number of aromatic nitrogens is 1. The summed E-state index contributed by atoms with van der Waals surface area (Å²) in [6.45, 7) is 2.10. The maximum Gasteiger partial charge on any atom is 0.407 e. The van der Waals surface area contributed by atoms with Crippen LogP contribution in [0.25, 0.3) is 17.2 Å². The summed E-state index contributed by atoms with van der Waals surface area (Å²) in [5.41, 5.74) is 5.59. The largest absolute Gasteiger partial charge is 0.449 e. The van der Waals surface area contributed by atoms with Crippen LogP contribution >= 0.6 is 0 Å². The lowest BCUT2D eigenvalue weighted by Crippen LogP contribution is -2.26. The summed E-state index contributed by atoms with van der Waals surface area (Å²) >= 11 is 0. The lowest BCUT2D eigenvalue weighted by atomic mass is 9.98. The van der Waals surface area contributed by atoms with Gasteiger partial charge in [0.15, 0.2) is 0 Å². The highest BCUT2D eigenvalue weighted by Gasteiger charge is 2.28. The molecule has 31 heavy (non-hydrogen) atoms. The summed E-state index contributed by atoms with van der Waals surface area (Å²) in [4.78, 5) is 26.7. The lowest BCUT2D eigenvalue weighted by Gasteiger charge is -2.14. The predicted molar refractivity (Wildman–Crippen MR) is 118 cm³/mol. The molecule has 0 fully saturated rings. The lowest BCUT2D eigenvalue weighted by molar-refractivity contribution is -0.385. The number of pyridine rings is 1. The number of rotatable bonds is 6. The van der Waals surface area contributed by atoms with Crippen LogP contribution < -0.4 is 5.32 Å². The van der Waals surface area contributed by atoms with Gasteiger partial charge in [0.2, 0.25) is 0 Å². The normalized spacial score (nSPS) is 12.4. The third-order valence-electron chi connectivity index (χ3n) is 5.27. The highest BCUT2D eigenvalue weighted by atomic mass is 16.6. The van der Waals surface area contributed by atoms with Crippen LogP contribution in [0.2, 0.25) is 0 Å². The van der Waals surface area contributed by atoms with Crippen LogP contribution in [0.15, 0.2) is 66.7 Å². The molecule has 1 aromatic heterocycles. The molecular formula is C24H21N3O4. The van der Waals surface area contributed by atoms with Crippen molar-refractivity contribution in [1.29, 1.82) is 0 Å². The number of carbonyl (C=O) groups excluding carboxylic acids is 1. The zero-order valence-electron chi connectivity index (χ0n) is 16.9. The Bertz CT molecular complexity index is 1130. The monoisotopic (exact) mass is 415 g/mol. The summed E-state index contributed by atoms with van der Waals surface area (Å²) in [5, 5.41) is 13.5. The van der Waals surface area contributed by atoms with Gasteiger partial charge in [0.05, 0.1) is 10.6 Å². The number of ether oxygens (including phenoxy) is 1. The fraction of sp³-hybridized carbons (Fsp3) is 0.167. The van der Waals surface area contributed by atoms with E-state index < -0.39 is 11.0 Å². The molecule has 0 radical (unpaired) electrons. The molecule has 0 unspecified atom stereocenters. The smallest absolute Gasteiger partial charge is 0.407 e. The second-order valence-electron chi connectivity index (χ2n) is 7.21. The number of hydrogen-bond donors (Lipinski definition) is 1. The Morgan fingerprint density at radius 2 is 1.74 bits per heavy atom. The average molecular weight is 415 g/mol. The van der Waals surface area contributed by atoms with Gasteiger partial charge in [-0.25, -0.2) is 9.78 Å². The zero-order chi connectivity index (χ0) is 21.8. The second-order valence-corrected chi connectivity index (χ2v) is 7.21. The highest BCUT2D eigenvalue weighted by Crippen LogP contribution is 2.44. The van der Waals surface area contributed by atoms with Crippen molar-refractivity contribution in [2.24, 2.45) is 0 Å². The number of carbonyl (C=O) groups is 1. The number of nitro groups is 1. The minimum absolute atomic E-state index is 0.0148. The molecule has 4 rings (SSSR count). The molecule has 0 saturated heterocycles. The fourth-order valence-corrected chi connectivity index (χ4v) is 3.83. The van der Waals surface area contributed by atoms with E-state index in [0.717, 1.165) is 11.1 Å². The van der Waals surface area contributed by atoms with Gasteiger partial charge in [0.25, 0.3) is 5.69 Å². The molecule has 0 aliphatic heterocycles. The van der Waals surface area contributed by atoms with Crippen LogP contribution in [-0.4, -0.2) is 29.2 Å². The van der Waals surface area contributed by atoms with E-state index in [9.17, 15) is 14.9 Å². The van der Waals surface area contributed by atoms with E-state index >= 15 is 0 Å². The van der Waals surface area contributed by atoms with E-state index in [1.807, 2.05) is 24.3 Å². The van der Waals surface area contributed by atoms with Gasteiger partial charge in [-0.2, -0.15) is 0 Å². The Labute approximate surface area is 179 Å². The molecule has 0 bridgehead atoms. The first-order chi connectivity index (χ1) is 15.0. The summed E-state index contributed by atoms with van der Waals surface area (Å²) in [6, 6.07) is 19.3. The fourth-order valence-electron chi connectivity index (χ4n) is 3.83. The molecule has 1 N–H and O–H groups in total. The number of hydrogen-bond acceptors (Lipinski definition) is 5. The first-order valence-electron chi connectivity index (χ1n) is 9.92. The molecule has 0 spiro atoms. The van der Waals surface area contributed by atoms with Crippen molar-refractivity contribution in [3.8, 4) is 11.1 Å². The third-order valence-corrected chi connectivity index (χ3v) is 5.27. The van der Waals surface area contributed by atoms with Crippen LogP contribution in [0, 0.1) is 17.0 Å². The minimum Gasteiger partial charge on any atom is -0.449 e. The van der Waals surface area contributed by atoms with Crippen LogP contribution in [0.3, 0.4) is 0 Å². The van der Waals surface area contributed by atoms with Crippen LogP contribution in [-0.2, 0) is 4.74 Å². The Morgan fingerprint density at radius 3 is 2.35 bits per heavy atom. The predicted octanol–water partition coefficient (Wildman–Crippen LogP) is 4.85. The topological polar surface area (TPSA) is 94.4 Å². The number of nitrogens with zero attached hydrogens (tertiary/aromatic N) is 2. The van der Waals surface area contributed by atoms with E-state index in [0.29, 0.717) is 11.4 Å². The maximum absolute atomic E-state index is 12.2. The SMILES string of the molecule is Cc1nc(C=CCNC(=O)OCC2c3ccccc3-c3ccccc32)ccc1[N+](=O)[O-]. The highest BCUT2D eigenvalue weighted by molar-refractivity contribution is 5.79. The Kier molecular flexibility index (Phi) is 5.75. The second kappa shape index (κ2) is 8.79. The van der Waals surface area contributed by atoms with E-state index in [4.69, 9.17) is 4.74 Å². The summed E-state index contributed by atoms with van der Waals surface area (Å²) in [5.74, 6) is 0.0148. The molecule has 1 heterocycles. The molecule has 156 valence electrons. The summed E-state index contributed by atoms with van der Waals surface area (Å²) in [7, 11) is 0. The van der Waals surface area contributed by atoms with Crippen molar-refractivity contribution < 1.29 is 14.5 Å². The van der Waals surface area contributed by atoms with Crippen molar-refractivity contribution in [1.82, 2.24) is 10.3 Å². The van der Waals surface area contributed by atoms with Gasteiger partial charge in [0.1, 0.15) is 12.3 Å². The minimum atomic E-state index is -0.501. The number of aryl methyl sites for hydroxylation is 1. The quantitative estimate of drug-likeness (QED) is 0.459. The van der Waals surface area contributed by atoms with Crippen molar-refractivity contribution in [3.63, 3.8) is 0 Å². The first-order valence-corrected chi connectivity index (χ1v) is 9.92. The number of alkyl carbamates (subject to hydrolysis) is 1. The first kappa shape index (κ1) is 20.3. The Balaban J connectivity index is 1.32. The van der Waals surface area contributed by atoms with E-state index in [1.54, 1.807) is 25.1 Å². The number of benzene rings is 2. The molecule has 1 aliphatic carbocycles. The molecule has 2 aromatic carbocycles. The van der Waals surface area contributed by atoms with Gasteiger partial charge in [-0.15, -0.1) is 0 Å². The van der Waals surface area contributed by atoms with Gasteiger partial charge in [-0.3, -0.25) is 10.1 Å². The van der Waals surface area contributed by atoms with Crippen molar-refractivity contribution >= 4 is 17.9 Å². The van der Waals surface area contributed by atoms with E-state index in [1.165, 1.54) is 17.2 Å². The summed E-state index contributed by atoms with van der Waals surface area (Å²) in [6.07, 6.45) is 2.91.